The van der Waals surface area contributed by atoms with Crippen LogP contribution in [-0.4, -0.2) is 43.7 Å². The van der Waals surface area contributed by atoms with E-state index >= 15 is 0 Å². The van der Waals surface area contributed by atoms with Crippen LogP contribution < -0.4 is 5.56 Å². The molecule has 0 aromatic carbocycles. The predicted octanol–water partition coefficient (Wildman–Crippen LogP) is 1.96. The molecular weight excluding hydrogens is 334 g/mol. The number of carbonyl (C=O) groups is 1. The minimum absolute atomic E-state index is 0.0837. The van der Waals surface area contributed by atoms with Gasteiger partial charge in [0.2, 0.25) is 5.76 Å². The number of hydrogen-bond donors (Lipinski definition) is 1. The molecule has 3 aromatic rings. The number of amides is 1. The van der Waals surface area contributed by atoms with E-state index < -0.39 is 0 Å². The number of piperidine rings is 1. The van der Waals surface area contributed by atoms with Gasteiger partial charge in [-0.15, -0.1) is 0 Å². The lowest BCUT2D eigenvalue weighted by Crippen LogP contribution is -2.39. The van der Waals surface area contributed by atoms with Gasteiger partial charge < -0.3 is 9.42 Å². The number of aromatic amines is 1. The number of aryl methyl sites for hydroxylation is 2. The van der Waals surface area contributed by atoms with E-state index in [1.165, 1.54) is 4.52 Å². The van der Waals surface area contributed by atoms with Crippen molar-refractivity contribution in [1.29, 1.82) is 0 Å². The number of aromatic nitrogens is 4. The Morgan fingerprint density at radius 2 is 2.12 bits per heavy atom. The van der Waals surface area contributed by atoms with E-state index in [1.54, 1.807) is 24.8 Å². The van der Waals surface area contributed by atoms with E-state index in [0.29, 0.717) is 30.0 Å². The van der Waals surface area contributed by atoms with Crippen LogP contribution in [-0.2, 0) is 0 Å². The minimum Gasteiger partial charge on any atom is -0.351 e. The first-order valence-electron chi connectivity index (χ1n) is 8.75. The lowest BCUT2D eigenvalue weighted by atomic mass is 9.94. The van der Waals surface area contributed by atoms with Gasteiger partial charge in [-0.05, 0) is 33.6 Å². The summed E-state index contributed by atoms with van der Waals surface area (Å²) in [6.45, 7) is 6.66. The van der Waals surface area contributed by atoms with Gasteiger partial charge in [-0.25, -0.2) is 9.50 Å². The number of fused-ring (bicyclic) bond motifs is 1. The first-order chi connectivity index (χ1) is 12.4. The summed E-state index contributed by atoms with van der Waals surface area (Å²) in [5.41, 5.74) is 3.51. The topological polar surface area (TPSA) is 96.5 Å². The number of rotatable bonds is 2. The molecule has 8 nitrogen and oxygen atoms in total. The zero-order valence-corrected chi connectivity index (χ0v) is 15.1. The molecular formula is C18H21N5O3. The van der Waals surface area contributed by atoms with Crippen molar-refractivity contribution in [2.24, 2.45) is 0 Å². The summed E-state index contributed by atoms with van der Waals surface area (Å²) in [6, 6.07) is 3.56. The summed E-state index contributed by atoms with van der Waals surface area (Å²) in [5, 5.41) is 6.96. The zero-order valence-electron chi connectivity index (χ0n) is 15.1. The molecule has 0 radical (unpaired) electrons. The van der Waals surface area contributed by atoms with E-state index in [0.717, 1.165) is 24.2 Å². The molecule has 26 heavy (non-hydrogen) atoms. The van der Waals surface area contributed by atoms with Crippen LogP contribution in [0.4, 0.5) is 0 Å². The lowest BCUT2D eigenvalue weighted by Gasteiger charge is -2.31. The molecule has 0 bridgehead atoms. The molecule has 1 N–H and O–H groups in total. The molecule has 1 aliphatic heterocycles. The number of nitrogens with zero attached hydrogens (tertiary/aromatic N) is 4. The molecule has 8 heteroatoms. The van der Waals surface area contributed by atoms with E-state index in [4.69, 9.17) is 4.52 Å². The van der Waals surface area contributed by atoms with Gasteiger partial charge >= 0.3 is 0 Å². The number of nitrogens with one attached hydrogen (secondary N) is 1. The maximum Gasteiger partial charge on any atom is 0.292 e. The molecule has 1 saturated heterocycles. The number of likely N-dealkylation sites (tertiary alicyclic amines) is 1. The van der Waals surface area contributed by atoms with Crippen molar-refractivity contribution >= 4 is 11.6 Å². The number of hydrogen-bond acceptors (Lipinski definition) is 5. The predicted molar refractivity (Wildman–Crippen MR) is 94.4 cm³/mol. The monoisotopic (exact) mass is 355 g/mol. The van der Waals surface area contributed by atoms with Crippen LogP contribution >= 0.6 is 0 Å². The van der Waals surface area contributed by atoms with Gasteiger partial charge in [0.05, 0.1) is 5.69 Å². The third-order valence-corrected chi connectivity index (χ3v) is 5.09. The highest BCUT2D eigenvalue weighted by Crippen LogP contribution is 2.27. The quantitative estimate of drug-likeness (QED) is 0.758. The fourth-order valence-electron chi connectivity index (χ4n) is 3.48. The summed E-state index contributed by atoms with van der Waals surface area (Å²) in [6.07, 6.45) is 1.83. The molecule has 0 saturated carbocycles. The fourth-order valence-corrected chi connectivity index (χ4v) is 3.48. The van der Waals surface area contributed by atoms with Crippen molar-refractivity contribution in [3.8, 4) is 0 Å². The Bertz CT molecular complexity index is 1040. The first-order valence-corrected chi connectivity index (χ1v) is 8.75. The number of carbonyl (C=O) groups excluding carboxylic acids is 1. The molecule has 1 unspecified atom stereocenters. The number of H-pyrrole nitrogens is 1. The van der Waals surface area contributed by atoms with Gasteiger partial charge in [-0.1, -0.05) is 5.16 Å². The second-order valence-electron chi connectivity index (χ2n) is 6.96. The largest absolute Gasteiger partial charge is 0.351 e. The second kappa shape index (κ2) is 6.12. The van der Waals surface area contributed by atoms with Crippen LogP contribution in [0.25, 0.3) is 5.65 Å². The Balaban J connectivity index is 1.62. The first kappa shape index (κ1) is 16.6. The molecule has 136 valence electrons. The molecule has 0 spiro atoms. The van der Waals surface area contributed by atoms with Gasteiger partial charge in [-0.2, -0.15) is 0 Å². The van der Waals surface area contributed by atoms with Crippen molar-refractivity contribution in [3.05, 3.63) is 50.9 Å². The summed E-state index contributed by atoms with van der Waals surface area (Å²) < 4.78 is 6.59. The SMILES string of the molecule is Cc1cc(C(=O)N2CCCC(c3cc4nc(C)c(C)c(=O)n4[nH]3)C2)on1. The van der Waals surface area contributed by atoms with Crippen LogP contribution in [0.1, 0.15) is 52.0 Å². The molecule has 1 amide bonds. The van der Waals surface area contributed by atoms with Crippen LogP contribution in [0.15, 0.2) is 21.5 Å². The smallest absolute Gasteiger partial charge is 0.292 e. The van der Waals surface area contributed by atoms with Gasteiger partial charge in [-0.3, -0.25) is 14.7 Å². The molecule has 4 heterocycles. The Kier molecular flexibility index (Phi) is 3.90. The maximum absolute atomic E-state index is 12.6. The zero-order chi connectivity index (χ0) is 18.4. The van der Waals surface area contributed by atoms with E-state index in [-0.39, 0.29) is 23.1 Å². The van der Waals surface area contributed by atoms with E-state index in [1.807, 2.05) is 13.0 Å². The third kappa shape index (κ3) is 2.71. The minimum atomic E-state index is -0.145. The van der Waals surface area contributed by atoms with Crippen molar-refractivity contribution in [3.63, 3.8) is 0 Å². The Hall–Kier alpha value is -2.90. The average molecular weight is 355 g/mol. The van der Waals surface area contributed by atoms with Crippen LogP contribution in [0, 0.1) is 20.8 Å². The molecule has 1 atom stereocenters. The highest BCUT2D eigenvalue weighted by molar-refractivity contribution is 5.91. The summed E-state index contributed by atoms with van der Waals surface area (Å²) in [5.74, 6) is 0.246. The summed E-state index contributed by atoms with van der Waals surface area (Å²) in [7, 11) is 0. The highest BCUT2D eigenvalue weighted by Gasteiger charge is 2.28. The average Bonchev–Trinajstić information content (AvgIpc) is 3.26. The van der Waals surface area contributed by atoms with Crippen molar-refractivity contribution < 1.29 is 9.32 Å². The van der Waals surface area contributed by atoms with Gasteiger partial charge in [0, 0.05) is 48.1 Å². The standard InChI is InChI=1S/C18H21N5O3/c1-10-7-15(26-21-10)18(25)22-6-4-5-13(9-22)14-8-16-19-12(3)11(2)17(24)23(16)20-14/h7-8,13,20H,4-6,9H2,1-3H3. The molecule has 0 aliphatic carbocycles. The van der Waals surface area contributed by atoms with Crippen molar-refractivity contribution in [2.75, 3.05) is 13.1 Å². The summed E-state index contributed by atoms with van der Waals surface area (Å²) >= 11 is 0. The Labute approximate surface area is 149 Å². The van der Waals surface area contributed by atoms with E-state index in [2.05, 4.69) is 15.2 Å². The molecule has 4 rings (SSSR count). The molecule has 1 fully saturated rings. The van der Waals surface area contributed by atoms with Crippen LogP contribution in [0.5, 0.6) is 0 Å². The maximum atomic E-state index is 12.6. The summed E-state index contributed by atoms with van der Waals surface area (Å²) in [4.78, 5) is 31.3. The highest BCUT2D eigenvalue weighted by atomic mass is 16.5. The third-order valence-electron chi connectivity index (χ3n) is 5.09. The normalized spacial score (nSPS) is 17.8. The van der Waals surface area contributed by atoms with Gasteiger partial charge in [0.15, 0.2) is 5.65 Å². The van der Waals surface area contributed by atoms with Crippen molar-refractivity contribution in [1.82, 2.24) is 24.7 Å². The molecule has 1 aliphatic rings. The van der Waals surface area contributed by atoms with Crippen molar-refractivity contribution in [2.45, 2.75) is 39.5 Å². The van der Waals surface area contributed by atoms with Gasteiger partial charge in [0.1, 0.15) is 0 Å². The van der Waals surface area contributed by atoms with E-state index in [9.17, 15) is 9.59 Å². The van der Waals surface area contributed by atoms with Crippen LogP contribution in [0.3, 0.4) is 0 Å². The molecule has 3 aromatic heterocycles. The second-order valence-corrected chi connectivity index (χ2v) is 6.96. The lowest BCUT2D eigenvalue weighted by molar-refractivity contribution is 0.0663. The van der Waals surface area contributed by atoms with Gasteiger partial charge in [0.25, 0.3) is 11.5 Å². The van der Waals surface area contributed by atoms with Crippen LogP contribution in [0.2, 0.25) is 0 Å². The fraction of sp³-hybridized carbons (Fsp3) is 0.444. The Morgan fingerprint density at radius 1 is 1.31 bits per heavy atom. The Morgan fingerprint density at radius 3 is 2.85 bits per heavy atom.